The maximum absolute atomic E-state index is 13.0. The molecule has 0 fully saturated rings. The second-order valence-corrected chi connectivity index (χ2v) is 6.67. The molecule has 6 nitrogen and oxygen atoms in total. The topological polar surface area (TPSA) is 82.8 Å². The van der Waals surface area contributed by atoms with Crippen LogP contribution in [0.25, 0.3) is 11.0 Å². The molecule has 2 aromatic carbocycles. The van der Waals surface area contributed by atoms with E-state index in [1.807, 2.05) is 0 Å². The first-order valence-corrected chi connectivity index (χ1v) is 9.52. The Morgan fingerprint density at radius 1 is 1.10 bits per heavy atom. The number of aryl methyl sites for hydroxylation is 1. The number of hydrogen-bond acceptors (Lipinski definition) is 6. The zero-order valence-electron chi connectivity index (χ0n) is 16.7. The van der Waals surface area contributed by atoms with Crippen LogP contribution in [0.4, 0.5) is 4.39 Å². The van der Waals surface area contributed by atoms with Gasteiger partial charge < -0.3 is 13.9 Å². The van der Waals surface area contributed by atoms with Crippen LogP contribution in [0.1, 0.15) is 34.8 Å². The van der Waals surface area contributed by atoms with Gasteiger partial charge >= 0.3 is 11.6 Å². The van der Waals surface area contributed by atoms with Gasteiger partial charge in [-0.05, 0) is 62.2 Å². The number of halogens is 1. The second kappa shape index (κ2) is 9.35. The fraction of sp³-hybridized carbons (Fsp3) is 0.261. The molecule has 0 saturated carbocycles. The lowest BCUT2D eigenvalue weighted by molar-refractivity contribution is -0.143. The van der Waals surface area contributed by atoms with Crippen LogP contribution in [0.3, 0.4) is 0 Å². The highest BCUT2D eigenvalue weighted by molar-refractivity contribution is 5.97. The molecule has 7 heteroatoms. The fourth-order valence-electron chi connectivity index (χ4n) is 3.08. The molecule has 0 aliphatic carbocycles. The average Bonchev–Trinajstić information content (AvgIpc) is 2.72. The standard InChI is InChI=1S/C23H21FO6/c1-3-28-22(26)11-10-19-14(2)18-9-8-17(12-21(18)30-23(19)27)29-13-20(25)15-4-6-16(24)7-5-15/h4-9,12H,3,10-11,13H2,1-2H3. The molecule has 3 aromatic rings. The molecule has 0 bridgehead atoms. The number of fused-ring (bicyclic) bond motifs is 1. The summed E-state index contributed by atoms with van der Waals surface area (Å²) in [5.41, 5.74) is 1.29. The molecule has 0 aliphatic heterocycles. The van der Waals surface area contributed by atoms with E-state index in [-0.39, 0.29) is 37.8 Å². The van der Waals surface area contributed by atoms with Gasteiger partial charge in [0.1, 0.15) is 17.1 Å². The van der Waals surface area contributed by atoms with Gasteiger partial charge in [0.2, 0.25) is 0 Å². The first-order valence-electron chi connectivity index (χ1n) is 9.52. The highest BCUT2D eigenvalue weighted by Crippen LogP contribution is 2.25. The summed E-state index contributed by atoms with van der Waals surface area (Å²) in [6, 6.07) is 10.1. The molecular weight excluding hydrogens is 391 g/mol. The van der Waals surface area contributed by atoms with Crippen molar-refractivity contribution in [3.63, 3.8) is 0 Å². The van der Waals surface area contributed by atoms with Crippen LogP contribution in [-0.4, -0.2) is 25.0 Å². The van der Waals surface area contributed by atoms with Crippen LogP contribution in [0.2, 0.25) is 0 Å². The van der Waals surface area contributed by atoms with Crippen molar-refractivity contribution >= 4 is 22.7 Å². The molecule has 0 atom stereocenters. The highest BCUT2D eigenvalue weighted by atomic mass is 19.1. The lowest BCUT2D eigenvalue weighted by Crippen LogP contribution is -2.14. The van der Waals surface area contributed by atoms with E-state index in [0.717, 1.165) is 5.56 Å². The third-order valence-electron chi connectivity index (χ3n) is 4.68. The Bertz CT molecular complexity index is 1130. The smallest absolute Gasteiger partial charge is 0.339 e. The fourth-order valence-corrected chi connectivity index (χ4v) is 3.08. The first-order chi connectivity index (χ1) is 14.4. The zero-order valence-corrected chi connectivity index (χ0v) is 16.7. The van der Waals surface area contributed by atoms with Gasteiger partial charge in [0.25, 0.3) is 0 Å². The molecule has 0 aliphatic rings. The van der Waals surface area contributed by atoms with Crippen molar-refractivity contribution in [3.05, 3.63) is 75.4 Å². The summed E-state index contributed by atoms with van der Waals surface area (Å²) in [6.45, 7) is 3.56. The minimum atomic E-state index is -0.524. The lowest BCUT2D eigenvalue weighted by Gasteiger charge is -2.10. The molecule has 156 valence electrons. The number of carbonyl (C=O) groups excluding carboxylic acids is 2. The van der Waals surface area contributed by atoms with Crippen molar-refractivity contribution in [2.45, 2.75) is 26.7 Å². The van der Waals surface area contributed by atoms with Crippen molar-refractivity contribution in [2.24, 2.45) is 0 Å². The van der Waals surface area contributed by atoms with Crippen molar-refractivity contribution in [1.82, 2.24) is 0 Å². The molecule has 0 N–H and O–H groups in total. The van der Waals surface area contributed by atoms with E-state index >= 15 is 0 Å². The Balaban J connectivity index is 1.75. The van der Waals surface area contributed by atoms with Gasteiger partial charge in [0.15, 0.2) is 12.4 Å². The van der Waals surface area contributed by atoms with Gasteiger partial charge in [-0.2, -0.15) is 0 Å². The van der Waals surface area contributed by atoms with E-state index in [0.29, 0.717) is 27.8 Å². The quantitative estimate of drug-likeness (QED) is 0.316. The molecule has 1 aromatic heterocycles. The molecular formula is C23H21FO6. The predicted octanol–water partition coefficient (Wildman–Crippen LogP) is 4.00. The molecule has 0 amide bonds. The predicted molar refractivity (Wildman–Crippen MR) is 108 cm³/mol. The number of ether oxygens (including phenoxy) is 2. The highest BCUT2D eigenvalue weighted by Gasteiger charge is 2.15. The summed E-state index contributed by atoms with van der Waals surface area (Å²) in [5, 5.41) is 0.714. The van der Waals surface area contributed by atoms with E-state index in [4.69, 9.17) is 13.9 Å². The zero-order chi connectivity index (χ0) is 21.7. The molecule has 30 heavy (non-hydrogen) atoms. The first kappa shape index (κ1) is 21.2. The Morgan fingerprint density at radius 3 is 2.53 bits per heavy atom. The number of Topliss-reactive ketones (excluding diaryl/α,β-unsaturated/α-hetero) is 1. The van der Waals surface area contributed by atoms with E-state index in [1.54, 1.807) is 26.0 Å². The van der Waals surface area contributed by atoms with Crippen LogP contribution in [0.5, 0.6) is 5.75 Å². The monoisotopic (exact) mass is 412 g/mol. The number of esters is 1. The van der Waals surface area contributed by atoms with Crippen molar-refractivity contribution < 1.29 is 27.9 Å². The van der Waals surface area contributed by atoms with Crippen LogP contribution in [0.15, 0.2) is 51.7 Å². The van der Waals surface area contributed by atoms with Crippen LogP contribution < -0.4 is 10.4 Å². The second-order valence-electron chi connectivity index (χ2n) is 6.67. The molecule has 0 saturated heterocycles. The number of hydrogen-bond donors (Lipinski definition) is 0. The third kappa shape index (κ3) is 4.92. The summed E-state index contributed by atoms with van der Waals surface area (Å²) in [6.07, 6.45) is 0.324. The maximum atomic E-state index is 13.0. The molecule has 1 heterocycles. The average molecular weight is 412 g/mol. The summed E-state index contributed by atoms with van der Waals surface area (Å²) in [7, 11) is 0. The van der Waals surface area contributed by atoms with E-state index in [2.05, 4.69) is 0 Å². The molecule has 3 rings (SSSR count). The van der Waals surface area contributed by atoms with Gasteiger partial charge in [0, 0.05) is 29.0 Å². The SMILES string of the molecule is CCOC(=O)CCc1c(C)c2ccc(OCC(=O)c3ccc(F)cc3)cc2oc1=O. The Morgan fingerprint density at radius 2 is 1.83 bits per heavy atom. The van der Waals surface area contributed by atoms with E-state index < -0.39 is 11.4 Å². The Labute approximate surface area is 172 Å². The molecule has 0 radical (unpaired) electrons. The van der Waals surface area contributed by atoms with Crippen molar-refractivity contribution in [3.8, 4) is 5.75 Å². The van der Waals surface area contributed by atoms with Crippen molar-refractivity contribution in [2.75, 3.05) is 13.2 Å². The van der Waals surface area contributed by atoms with Gasteiger partial charge in [-0.15, -0.1) is 0 Å². The van der Waals surface area contributed by atoms with Crippen molar-refractivity contribution in [1.29, 1.82) is 0 Å². The van der Waals surface area contributed by atoms with Crippen LogP contribution in [-0.2, 0) is 16.0 Å². The minimum Gasteiger partial charge on any atom is -0.485 e. The van der Waals surface area contributed by atoms with Gasteiger partial charge in [-0.3, -0.25) is 9.59 Å². The van der Waals surface area contributed by atoms with Gasteiger partial charge in [-0.25, -0.2) is 9.18 Å². The Hall–Kier alpha value is -3.48. The number of rotatable bonds is 8. The molecule has 0 spiro atoms. The third-order valence-corrected chi connectivity index (χ3v) is 4.68. The van der Waals surface area contributed by atoms with Crippen LogP contribution in [0, 0.1) is 12.7 Å². The lowest BCUT2D eigenvalue weighted by atomic mass is 10.0. The van der Waals surface area contributed by atoms with Gasteiger partial charge in [-0.1, -0.05) is 0 Å². The summed E-state index contributed by atoms with van der Waals surface area (Å²) < 4.78 is 28.8. The maximum Gasteiger partial charge on any atom is 0.339 e. The van der Waals surface area contributed by atoms with E-state index in [9.17, 15) is 18.8 Å². The largest absolute Gasteiger partial charge is 0.485 e. The normalized spacial score (nSPS) is 10.8. The summed E-state index contributed by atoms with van der Waals surface area (Å²) in [4.78, 5) is 36.1. The van der Waals surface area contributed by atoms with E-state index in [1.165, 1.54) is 30.3 Å². The minimum absolute atomic E-state index is 0.0949. The number of carbonyl (C=O) groups is 2. The summed E-state index contributed by atoms with van der Waals surface area (Å²) >= 11 is 0. The Kier molecular flexibility index (Phi) is 6.61. The van der Waals surface area contributed by atoms with Crippen LogP contribution >= 0.6 is 0 Å². The molecule has 0 unspecified atom stereocenters. The van der Waals surface area contributed by atoms with Gasteiger partial charge in [0.05, 0.1) is 6.61 Å². The summed E-state index contributed by atoms with van der Waals surface area (Å²) in [5.74, 6) is -0.734. The number of benzene rings is 2. The number of ketones is 1.